The molecule has 0 saturated carbocycles. The van der Waals surface area contributed by atoms with E-state index in [4.69, 9.17) is 9.47 Å². The van der Waals surface area contributed by atoms with Crippen LogP contribution in [0.2, 0.25) is 0 Å². The molecule has 0 aliphatic rings. The Hall–Kier alpha value is -1.74. The van der Waals surface area contributed by atoms with Crippen LogP contribution in [0.3, 0.4) is 0 Å². The van der Waals surface area contributed by atoms with E-state index in [1.54, 1.807) is 0 Å². The summed E-state index contributed by atoms with van der Waals surface area (Å²) >= 11 is 0. The molecule has 0 spiro atoms. The second kappa shape index (κ2) is 11.0. The van der Waals surface area contributed by atoms with Crippen molar-refractivity contribution in [3.8, 4) is 11.5 Å². The molecule has 138 valence electrons. The van der Waals surface area contributed by atoms with E-state index < -0.39 is 6.10 Å². The van der Waals surface area contributed by atoms with Gasteiger partial charge in [0.25, 0.3) is 0 Å². The number of fused-ring (bicyclic) bond motifs is 1. The molecule has 2 aromatic carbocycles. The second-order valence-electron chi connectivity index (χ2n) is 6.62. The Labute approximate surface area is 152 Å². The molecule has 0 heterocycles. The quantitative estimate of drug-likeness (QED) is 0.500. The maximum atomic E-state index is 10.1. The van der Waals surface area contributed by atoms with Gasteiger partial charge in [0.15, 0.2) is 0 Å². The van der Waals surface area contributed by atoms with Crippen molar-refractivity contribution in [1.29, 1.82) is 0 Å². The van der Waals surface area contributed by atoms with Gasteiger partial charge in [0.1, 0.15) is 18.1 Å². The van der Waals surface area contributed by atoms with Crippen molar-refractivity contribution in [2.45, 2.75) is 64.9 Å². The van der Waals surface area contributed by atoms with Crippen molar-refractivity contribution in [2.75, 3.05) is 13.2 Å². The fourth-order valence-corrected chi connectivity index (χ4v) is 2.90. The van der Waals surface area contributed by atoms with Gasteiger partial charge in [0.2, 0.25) is 0 Å². The van der Waals surface area contributed by atoms with Gasteiger partial charge < -0.3 is 14.6 Å². The van der Waals surface area contributed by atoms with Gasteiger partial charge >= 0.3 is 0 Å². The summed E-state index contributed by atoms with van der Waals surface area (Å²) in [5.41, 5.74) is 0. The highest BCUT2D eigenvalue weighted by Gasteiger charge is 2.10. The highest BCUT2D eigenvalue weighted by molar-refractivity contribution is 5.93. The van der Waals surface area contributed by atoms with Crippen molar-refractivity contribution in [3.63, 3.8) is 0 Å². The first-order chi connectivity index (χ1) is 12.3. The summed E-state index contributed by atoms with van der Waals surface area (Å²) in [7, 11) is 0. The van der Waals surface area contributed by atoms with Gasteiger partial charge in [-0.25, -0.2) is 0 Å². The molecule has 3 nitrogen and oxygen atoms in total. The molecule has 2 rings (SSSR count). The number of hydrogen-bond acceptors (Lipinski definition) is 3. The zero-order valence-electron chi connectivity index (χ0n) is 15.7. The fourth-order valence-electron chi connectivity index (χ4n) is 2.90. The Morgan fingerprint density at radius 2 is 1.44 bits per heavy atom. The third kappa shape index (κ3) is 6.24. The molecule has 0 aliphatic heterocycles. The Bertz CT molecular complexity index is 624. The first-order valence-electron chi connectivity index (χ1n) is 9.71. The number of rotatable bonds is 12. The predicted molar refractivity (Wildman–Crippen MR) is 105 cm³/mol. The summed E-state index contributed by atoms with van der Waals surface area (Å²) < 4.78 is 11.8. The lowest BCUT2D eigenvalue weighted by atomic mass is 10.1. The van der Waals surface area contributed by atoms with E-state index in [2.05, 4.69) is 19.9 Å². The topological polar surface area (TPSA) is 38.7 Å². The minimum Gasteiger partial charge on any atom is -0.493 e. The molecule has 3 heteroatoms. The van der Waals surface area contributed by atoms with Crippen LogP contribution in [-0.4, -0.2) is 24.4 Å². The van der Waals surface area contributed by atoms with E-state index in [1.807, 2.05) is 30.3 Å². The molecule has 0 bridgehead atoms. The van der Waals surface area contributed by atoms with E-state index in [9.17, 15) is 5.11 Å². The maximum absolute atomic E-state index is 10.1. The third-order valence-electron chi connectivity index (χ3n) is 4.42. The molecule has 0 amide bonds. The number of hydrogen-bond donors (Lipinski definition) is 1. The summed E-state index contributed by atoms with van der Waals surface area (Å²) in [5, 5.41) is 12.2. The van der Waals surface area contributed by atoms with Gasteiger partial charge in [-0.3, -0.25) is 0 Å². The van der Waals surface area contributed by atoms with Gasteiger partial charge in [-0.2, -0.15) is 0 Å². The fraction of sp³-hybridized carbons (Fsp3) is 0.545. The van der Waals surface area contributed by atoms with E-state index in [-0.39, 0.29) is 0 Å². The van der Waals surface area contributed by atoms with Gasteiger partial charge in [-0.05, 0) is 25.0 Å². The molecule has 0 saturated heterocycles. The molecule has 1 N–H and O–H groups in total. The van der Waals surface area contributed by atoms with Crippen LogP contribution in [0.5, 0.6) is 11.5 Å². The zero-order chi connectivity index (χ0) is 17.9. The number of aliphatic hydroxyl groups excluding tert-OH is 1. The number of ether oxygens (including phenoxy) is 2. The molecule has 1 unspecified atom stereocenters. The van der Waals surface area contributed by atoms with Crippen LogP contribution in [0, 0.1) is 0 Å². The molecule has 1 atom stereocenters. The average molecular weight is 344 g/mol. The standard InChI is InChI=1S/C22H32O3/c1-3-5-7-8-11-18(23)17-25-22-15-14-21(24-16-6-4-2)19-12-9-10-13-20(19)22/h9-10,12-15,18,23H,3-8,11,16-17H2,1-2H3. The van der Waals surface area contributed by atoms with Crippen LogP contribution >= 0.6 is 0 Å². The van der Waals surface area contributed by atoms with Crippen LogP contribution in [0.4, 0.5) is 0 Å². The minimum atomic E-state index is -0.406. The van der Waals surface area contributed by atoms with Gasteiger partial charge in [0.05, 0.1) is 12.7 Å². The normalized spacial score (nSPS) is 12.3. The Morgan fingerprint density at radius 1 is 0.800 bits per heavy atom. The number of benzene rings is 2. The van der Waals surface area contributed by atoms with Crippen LogP contribution in [0.15, 0.2) is 36.4 Å². The summed E-state index contributed by atoms with van der Waals surface area (Å²) in [4.78, 5) is 0. The SMILES string of the molecule is CCCCCCC(O)COc1ccc(OCCCC)c2ccccc12. The van der Waals surface area contributed by atoms with Crippen molar-refractivity contribution >= 4 is 10.8 Å². The summed E-state index contributed by atoms with van der Waals surface area (Å²) in [6, 6.07) is 12.1. The summed E-state index contributed by atoms with van der Waals surface area (Å²) in [6.07, 6.45) is 7.26. The molecule has 0 aliphatic carbocycles. The second-order valence-corrected chi connectivity index (χ2v) is 6.62. The van der Waals surface area contributed by atoms with Gasteiger partial charge in [0, 0.05) is 10.8 Å². The van der Waals surface area contributed by atoms with Crippen molar-refractivity contribution in [2.24, 2.45) is 0 Å². The lowest BCUT2D eigenvalue weighted by molar-refractivity contribution is 0.0982. The zero-order valence-corrected chi connectivity index (χ0v) is 15.7. The molecule has 0 radical (unpaired) electrons. The predicted octanol–water partition coefficient (Wildman–Crippen LogP) is 5.73. The summed E-state index contributed by atoms with van der Waals surface area (Å²) in [6.45, 7) is 5.43. The average Bonchev–Trinajstić information content (AvgIpc) is 2.64. The molecule has 2 aromatic rings. The monoisotopic (exact) mass is 344 g/mol. The molecule has 25 heavy (non-hydrogen) atoms. The Kier molecular flexibility index (Phi) is 8.61. The largest absolute Gasteiger partial charge is 0.493 e. The van der Waals surface area contributed by atoms with E-state index in [0.29, 0.717) is 6.61 Å². The van der Waals surface area contributed by atoms with Crippen LogP contribution in [0.25, 0.3) is 10.8 Å². The van der Waals surface area contributed by atoms with Crippen molar-refractivity contribution < 1.29 is 14.6 Å². The maximum Gasteiger partial charge on any atom is 0.127 e. The first-order valence-corrected chi connectivity index (χ1v) is 9.71. The number of aliphatic hydroxyl groups is 1. The highest BCUT2D eigenvalue weighted by Crippen LogP contribution is 2.33. The smallest absolute Gasteiger partial charge is 0.127 e. The molecule has 0 fully saturated rings. The molecular weight excluding hydrogens is 312 g/mol. The third-order valence-corrected chi connectivity index (χ3v) is 4.42. The number of unbranched alkanes of at least 4 members (excludes halogenated alkanes) is 4. The molecular formula is C22H32O3. The Morgan fingerprint density at radius 3 is 2.08 bits per heavy atom. The van der Waals surface area contributed by atoms with Crippen LogP contribution < -0.4 is 9.47 Å². The van der Waals surface area contributed by atoms with Crippen molar-refractivity contribution in [1.82, 2.24) is 0 Å². The van der Waals surface area contributed by atoms with Crippen LogP contribution in [-0.2, 0) is 0 Å². The molecule has 0 aromatic heterocycles. The highest BCUT2D eigenvalue weighted by atomic mass is 16.5. The lowest BCUT2D eigenvalue weighted by Gasteiger charge is -2.16. The Balaban J connectivity index is 1.98. The van der Waals surface area contributed by atoms with E-state index in [1.165, 1.54) is 19.3 Å². The van der Waals surface area contributed by atoms with E-state index in [0.717, 1.165) is 54.6 Å². The minimum absolute atomic E-state index is 0.339. The van der Waals surface area contributed by atoms with Gasteiger partial charge in [-0.15, -0.1) is 0 Å². The first kappa shape index (κ1) is 19.6. The summed E-state index contributed by atoms with van der Waals surface area (Å²) in [5.74, 6) is 1.71. The van der Waals surface area contributed by atoms with Crippen molar-refractivity contribution in [3.05, 3.63) is 36.4 Å². The van der Waals surface area contributed by atoms with Gasteiger partial charge in [-0.1, -0.05) is 70.2 Å². The van der Waals surface area contributed by atoms with Crippen LogP contribution in [0.1, 0.15) is 58.8 Å². The van der Waals surface area contributed by atoms with E-state index >= 15 is 0 Å². The lowest BCUT2D eigenvalue weighted by Crippen LogP contribution is -2.17.